The summed E-state index contributed by atoms with van der Waals surface area (Å²) >= 11 is 0. The van der Waals surface area contributed by atoms with Gasteiger partial charge in [0.1, 0.15) is 11.6 Å². The predicted octanol–water partition coefficient (Wildman–Crippen LogP) is 1.79. The van der Waals surface area contributed by atoms with E-state index in [1.807, 2.05) is 0 Å². The Balaban J connectivity index is 1.42. The molecule has 2 aliphatic rings. The predicted molar refractivity (Wildman–Crippen MR) is 94.6 cm³/mol. The molecule has 0 radical (unpaired) electrons. The number of aromatic nitrogens is 3. The third-order valence-corrected chi connectivity index (χ3v) is 5.16. The van der Waals surface area contributed by atoms with Gasteiger partial charge < -0.3 is 9.80 Å². The zero-order valence-corrected chi connectivity index (χ0v) is 14.8. The highest BCUT2D eigenvalue weighted by Crippen LogP contribution is 2.25. The van der Waals surface area contributed by atoms with Crippen molar-refractivity contribution in [3.63, 3.8) is 0 Å². The van der Waals surface area contributed by atoms with Gasteiger partial charge in [-0.3, -0.25) is 14.6 Å². The van der Waals surface area contributed by atoms with E-state index < -0.39 is 11.8 Å². The lowest BCUT2D eigenvalue weighted by Gasteiger charge is -2.36. The van der Waals surface area contributed by atoms with Gasteiger partial charge in [-0.2, -0.15) is 0 Å². The number of nitrogens with zero attached hydrogens (tertiary/aromatic N) is 5. The van der Waals surface area contributed by atoms with Gasteiger partial charge in [-0.1, -0.05) is 12.8 Å². The van der Waals surface area contributed by atoms with Crippen molar-refractivity contribution in [1.82, 2.24) is 24.8 Å². The highest BCUT2D eigenvalue weighted by Gasteiger charge is 2.37. The monoisotopic (exact) mass is 369 g/mol. The first kappa shape index (κ1) is 17.5. The Hall–Kier alpha value is -2.90. The number of amides is 2. The van der Waals surface area contributed by atoms with E-state index in [1.165, 1.54) is 23.2 Å². The molecule has 2 aromatic heterocycles. The van der Waals surface area contributed by atoms with E-state index in [0.717, 1.165) is 25.7 Å². The molecule has 140 valence electrons. The van der Waals surface area contributed by atoms with Gasteiger partial charge in [0.15, 0.2) is 0 Å². The van der Waals surface area contributed by atoms with Crippen LogP contribution < -0.4 is 0 Å². The van der Waals surface area contributed by atoms with Crippen LogP contribution in [0.3, 0.4) is 0 Å². The van der Waals surface area contributed by atoms with Crippen LogP contribution >= 0.6 is 0 Å². The zero-order valence-electron chi connectivity index (χ0n) is 14.8. The minimum atomic E-state index is -0.493. The Morgan fingerprint density at radius 2 is 1.78 bits per heavy atom. The fourth-order valence-corrected chi connectivity index (χ4v) is 3.71. The highest BCUT2D eigenvalue weighted by molar-refractivity contribution is 6.35. The maximum atomic E-state index is 13.3. The lowest BCUT2D eigenvalue weighted by molar-refractivity contribution is -0.158. The van der Waals surface area contributed by atoms with Gasteiger partial charge in [-0.15, -0.1) is 0 Å². The van der Waals surface area contributed by atoms with Crippen molar-refractivity contribution in [3.8, 4) is 11.3 Å². The first-order chi connectivity index (χ1) is 13.1. The Labute approximate surface area is 156 Å². The van der Waals surface area contributed by atoms with Crippen molar-refractivity contribution in [2.45, 2.75) is 38.3 Å². The number of carbonyl (C=O) groups excluding carboxylic acids is 2. The molecular weight excluding hydrogens is 349 g/mol. The maximum Gasteiger partial charge on any atom is 0.312 e. The molecule has 3 heterocycles. The molecule has 0 bridgehead atoms. The number of carbonyl (C=O) groups is 2. The van der Waals surface area contributed by atoms with Gasteiger partial charge >= 0.3 is 11.8 Å². The summed E-state index contributed by atoms with van der Waals surface area (Å²) in [5.74, 6) is -0.861. The summed E-state index contributed by atoms with van der Waals surface area (Å²) in [5.41, 5.74) is 1.03. The SMILES string of the molecule is O=C1C(=O)N(C2CCCC2)CCN1Cc1ncc(-c2cc(F)ccn2)cn1. The fourth-order valence-electron chi connectivity index (χ4n) is 3.71. The van der Waals surface area contributed by atoms with E-state index in [2.05, 4.69) is 15.0 Å². The number of rotatable bonds is 4. The van der Waals surface area contributed by atoms with Gasteiger partial charge in [0.2, 0.25) is 0 Å². The Bertz CT molecular complexity index is 851. The molecule has 0 aromatic carbocycles. The molecular formula is C19H20FN5O2. The number of piperazine rings is 1. The average Bonchev–Trinajstić information content (AvgIpc) is 3.21. The molecule has 2 amide bonds. The van der Waals surface area contributed by atoms with Crippen molar-refractivity contribution >= 4 is 11.8 Å². The molecule has 1 saturated heterocycles. The van der Waals surface area contributed by atoms with Crippen LogP contribution in [0.2, 0.25) is 0 Å². The van der Waals surface area contributed by atoms with E-state index in [0.29, 0.717) is 30.2 Å². The topological polar surface area (TPSA) is 79.3 Å². The molecule has 1 aliphatic carbocycles. The van der Waals surface area contributed by atoms with E-state index in [9.17, 15) is 14.0 Å². The minimum Gasteiger partial charge on any atom is -0.330 e. The number of pyridine rings is 1. The molecule has 7 nitrogen and oxygen atoms in total. The van der Waals surface area contributed by atoms with Gasteiger partial charge in [-0.05, 0) is 18.9 Å². The maximum absolute atomic E-state index is 13.3. The summed E-state index contributed by atoms with van der Waals surface area (Å²) in [6.07, 6.45) is 8.68. The summed E-state index contributed by atoms with van der Waals surface area (Å²) in [6.45, 7) is 1.22. The number of hydrogen-bond acceptors (Lipinski definition) is 5. The van der Waals surface area contributed by atoms with Crippen molar-refractivity contribution < 1.29 is 14.0 Å². The van der Waals surface area contributed by atoms with Crippen LogP contribution in [-0.4, -0.2) is 55.7 Å². The quantitative estimate of drug-likeness (QED) is 0.768. The molecule has 4 rings (SSSR count). The normalized spacial score (nSPS) is 18.4. The number of hydrogen-bond donors (Lipinski definition) is 0. The molecule has 0 atom stereocenters. The molecule has 2 aromatic rings. The Morgan fingerprint density at radius 3 is 2.48 bits per heavy atom. The van der Waals surface area contributed by atoms with Crippen molar-refractivity contribution in [1.29, 1.82) is 0 Å². The molecule has 0 N–H and O–H groups in total. The molecule has 0 spiro atoms. The Morgan fingerprint density at radius 1 is 1.04 bits per heavy atom. The fraction of sp³-hybridized carbons (Fsp3) is 0.421. The van der Waals surface area contributed by atoms with Crippen LogP contribution in [0.25, 0.3) is 11.3 Å². The molecule has 8 heteroatoms. The van der Waals surface area contributed by atoms with Crippen molar-refractivity contribution in [2.75, 3.05) is 13.1 Å². The van der Waals surface area contributed by atoms with E-state index in [-0.39, 0.29) is 18.4 Å². The molecule has 2 fully saturated rings. The van der Waals surface area contributed by atoms with Gasteiger partial charge in [0, 0.05) is 49.4 Å². The third kappa shape index (κ3) is 3.65. The second-order valence-corrected chi connectivity index (χ2v) is 6.91. The first-order valence-corrected chi connectivity index (χ1v) is 9.14. The van der Waals surface area contributed by atoms with Crippen LogP contribution in [0.1, 0.15) is 31.5 Å². The summed E-state index contributed by atoms with van der Waals surface area (Å²) in [6, 6.07) is 2.79. The van der Waals surface area contributed by atoms with Crippen LogP contribution in [0.4, 0.5) is 4.39 Å². The second-order valence-electron chi connectivity index (χ2n) is 6.91. The smallest absolute Gasteiger partial charge is 0.312 e. The summed E-state index contributed by atoms with van der Waals surface area (Å²) in [5, 5.41) is 0. The van der Waals surface area contributed by atoms with E-state index in [1.54, 1.807) is 17.3 Å². The largest absolute Gasteiger partial charge is 0.330 e. The van der Waals surface area contributed by atoms with Crippen LogP contribution in [0.15, 0.2) is 30.7 Å². The Kier molecular flexibility index (Phi) is 4.79. The lowest BCUT2D eigenvalue weighted by atomic mass is 10.1. The minimum absolute atomic E-state index is 0.180. The summed E-state index contributed by atoms with van der Waals surface area (Å²) in [4.78, 5) is 40.7. The van der Waals surface area contributed by atoms with E-state index >= 15 is 0 Å². The van der Waals surface area contributed by atoms with Crippen molar-refractivity contribution in [2.24, 2.45) is 0 Å². The van der Waals surface area contributed by atoms with Crippen molar-refractivity contribution in [3.05, 3.63) is 42.4 Å². The second kappa shape index (κ2) is 7.38. The first-order valence-electron chi connectivity index (χ1n) is 9.14. The molecule has 1 saturated carbocycles. The van der Waals surface area contributed by atoms with Crippen LogP contribution in [0, 0.1) is 5.82 Å². The van der Waals surface area contributed by atoms with Gasteiger partial charge in [0.05, 0.1) is 12.2 Å². The number of halogens is 1. The van der Waals surface area contributed by atoms with Crippen LogP contribution in [-0.2, 0) is 16.1 Å². The summed E-state index contributed by atoms with van der Waals surface area (Å²) < 4.78 is 13.3. The third-order valence-electron chi connectivity index (χ3n) is 5.16. The standard InChI is InChI=1S/C19H20FN5O2/c20-14-5-6-21-16(9-14)13-10-22-17(23-11-13)12-24-7-8-25(19(27)18(24)26)15-3-1-2-4-15/h5-6,9-11,15H,1-4,7-8,12H2. The zero-order chi connectivity index (χ0) is 18.8. The lowest BCUT2D eigenvalue weighted by Crippen LogP contribution is -2.56. The van der Waals surface area contributed by atoms with Gasteiger partial charge in [0.25, 0.3) is 0 Å². The van der Waals surface area contributed by atoms with Gasteiger partial charge in [-0.25, -0.2) is 14.4 Å². The van der Waals surface area contributed by atoms with Crippen LogP contribution in [0.5, 0.6) is 0 Å². The highest BCUT2D eigenvalue weighted by atomic mass is 19.1. The summed E-state index contributed by atoms with van der Waals surface area (Å²) in [7, 11) is 0. The van der Waals surface area contributed by atoms with E-state index in [4.69, 9.17) is 0 Å². The molecule has 27 heavy (non-hydrogen) atoms. The molecule has 0 unspecified atom stereocenters. The molecule has 1 aliphatic heterocycles. The average molecular weight is 369 g/mol.